The Balaban J connectivity index is 2.30. The number of ether oxygens (including phenoxy) is 1. The Morgan fingerprint density at radius 1 is 1.71 bits per heavy atom. The molecule has 14 heavy (non-hydrogen) atoms. The van der Waals surface area contributed by atoms with Gasteiger partial charge in [0.2, 0.25) is 0 Å². The predicted molar refractivity (Wildman–Crippen MR) is 54.9 cm³/mol. The van der Waals surface area contributed by atoms with Gasteiger partial charge in [0.05, 0.1) is 18.8 Å². The van der Waals surface area contributed by atoms with Crippen molar-refractivity contribution in [3.63, 3.8) is 0 Å². The van der Waals surface area contributed by atoms with Crippen LogP contribution in [0, 0.1) is 11.3 Å². The van der Waals surface area contributed by atoms with Crippen molar-refractivity contribution in [2.24, 2.45) is 0 Å². The minimum Gasteiger partial charge on any atom is -0.376 e. The normalized spacial score (nSPS) is 25.6. The van der Waals surface area contributed by atoms with Crippen LogP contribution in [0.1, 0.15) is 13.8 Å². The average molecular weight is 197 g/mol. The van der Waals surface area contributed by atoms with E-state index in [1.165, 1.54) is 0 Å². The smallest absolute Gasteiger partial charge is 0.108 e. The van der Waals surface area contributed by atoms with E-state index in [2.05, 4.69) is 23.2 Å². The van der Waals surface area contributed by atoms with Crippen molar-refractivity contribution in [1.29, 1.82) is 5.26 Å². The van der Waals surface area contributed by atoms with Gasteiger partial charge in [-0.25, -0.2) is 0 Å². The molecule has 0 saturated carbocycles. The Morgan fingerprint density at radius 3 is 3.07 bits per heavy atom. The molecule has 2 unspecified atom stereocenters. The van der Waals surface area contributed by atoms with Crippen LogP contribution in [0.5, 0.6) is 0 Å². The number of morpholine rings is 1. The van der Waals surface area contributed by atoms with E-state index >= 15 is 0 Å². The zero-order chi connectivity index (χ0) is 10.4. The molecule has 1 fully saturated rings. The van der Waals surface area contributed by atoms with Crippen molar-refractivity contribution in [3.8, 4) is 6.07 Å². The number of nitrogens with one attached hydrogen (secondary N) is 1. The highest BCUT2D eigenvalue weighted by Gasteiger charge is 2.19. The minimum atomic E-state index is -0.0506. The predicted octanol–water partition coefficient (Wildman–Crippen LogP) is 0.209. The zero-order valence-corrected chi connectivity index (χ0v) is 8.99. The van der Waals surface area contributed by atoms with E-state index in [1.54, 1.807) is 0 Å². The van der Waals surface area contributed by atoms with E-state index in [0.29, 0.717) is 6.10 Å². The van der Waals surface area contributed by atoms with Crippen molar-refractivity contribution in [1.82, 2.24) is 10.2 Å². The first-order valence-corrected chi connectivity index (χ1v) is 5.23. The summed E-state index contributed by atoms with van der Waals surface area (Å²) in [7, 11) is 0. The first-order chi connectivity index (χ1) is 6.76. The van der Waals surface area contributed by atoms with Gasteiger partial charge in [-0.2, -0.15) is 5.26 Å². The maximum absolute atomic E-state index is 8.88. The molecule has 0 aliphatic carbocycles. The van der Waals surface area contributed by atoms with Crippen LogP contribution in [0.3, 0.4) is 0 Å². The third-order valence-electron chi connectivity index (χ3n) is 2.37. The quantitative estimate of drug-likeness (QED) is 0.700. The van der Waals surface area contributed by atoms with E-state index in [4.69, 9.17) is 10.00 Å². The molecule has 4 heteroatoms. The molecule has 0 bridgehead atoms. The highest BCUT2D eigenvalue weighted by Crippen LogP contribution is 2.04. The number of hydrogen-bond acceptors (Lipinski definition) is 4. The van der Waals surface area contributed by atoms with Gasteiger partial charge in [-0.3, -0.25) is 4.90 Å². The molecule has 1 aliphatic rings. The van der Waals surface area contributed by atoms with Gasteiger partial charge in [0.15, 0.2) is 0 Å². The van der Waals surface area contributed by atoms with E-state index < -0.39 is 0 Å². The van der Waals surface area contributed by atoms with E-state index in [9.17, 15) is 0 Å². The number of likely N-dealkylation sites (N-methyl/N-ethyl adjacent to an activating group) is 1. The van der Waals surface area contributed by atoms with E-state index in [1.807, 2.05) is 6.92 Å². The van der Waals surface area contributed by atoms with Crippen LogP contribution in [0.15, 0.2) is 0 Å². The van der Waals surface area contributed by atoms with Crippen LogP contribution in [0.4, 0.5) is 0 Å². The highest BCUT2D eigenvalue weighted by molar-refractivity contribution is 4.92. The summed E-state index contributed by atoms with van der Waals surface area (Å²) in [5, 5.41) is 12.0. The molecule has 0 radical (unpaired) electrons. The summed E-state index contributed by atoms with van der Waals surface area (Å²) in [5.41, 5.74) is 0. The maximum atomic E-state index is 8.88. The molecule has 4 nitrogen and oxygen atoms in total. The molecule has 1 N–H and O–H groups in total. The fraction of sp³-hybridized carbons (Fsp3) is 0.900. The van der Waals surface area contributed by atoms with Gasteiger partial charge in [-0.05, 0) is 13.5 Å². The third-order valence-corrected chi connectivity index (χ3v) is 2.37. The second kappa shape index (κ2) is 5.97. The molecule has 2 atom stereocenters. The summed E-state index contributed by atoms with van der Waals surface area (Å²) in [6, 6.07) is 2.22. The lowest BCUT2D eigenvalue weighted by Gasteiger charge is -2.32. The standard InChI is InChI=1S/C10H19N3O/c1-3-12-10(6-11)8-13-4-5-14-9(2)7-13/h9-10,12H,3-5,7-8H2,1-2H3. The molecule has 1 saturated heterocycles. The number of hydrogen-bond donors (Lipinski definition) is 1. The SMILES string of the molecule is CCNC(C#N)CN1CCOC(C)C1. The van der Waals surface area contributed by atoms with Crippen LogP contribution < -0.4 is 5.32 Å². The topological polar surface area (TPSA) is 48.3 Å². The Labute approximate surface area is 85.8 Å². The Kier molecular flexibility index (Phi) is 4.88. The molecule has 1 heterocycles. The molecule has 0 aromatic carbocycles. The van der Waals surface area contributed by atoms with Crippen LogP contribution in [-0.2, 0) is 4.74 Å². The lowest BCUT2D eigenvalue weighted by atomic mass is 10.2. The van der Waals surface area contributed by atoms with Gasteiger partial charge in [-0.15, -0.1) is 0 Å². The van der Waals surface area contributed by atoms with Gasteiger partial charge in [-0.1, -0.05) is 6.92 Å². The molecule has 1 rings (SSSR count). The van der Waals surface area contributed by atoms with E-state index in [0.717, 1.165) is 32.8 Å². The summed E-state index contributed by atoms with van der Waals surface area (Å²) in [6.45, 7) is 8.39. The van der Waals surface area contributed by atoms with Crippen LogP contribution in [0.2, 0.25) is 0 Å². The van der Waals surface area contributed by atoms with Crippen LogP contribution in [-0.4, -0.2) is 49.8 Å². The first kappa shape index (κ1) is 11.4. The number of nitriles is 1. The molecular formula is C10H19N3O. The van der Waals surface area contributed by atoms with Crippen molar-refractivity contribution in [2.45, 2.75) is 26.0 Å². The minimum absolute atomic E-state index is 0.0506. The molecule has 0 aromatic heterocycles. The first-order valence-electron chi connectivity index (χ1n) is 5.23. The van der Waals surface area contributed by atoms with Crippen molar-refractivity contribution >= 4 is 0 Å². The summed E-state index contributed by atoms with van der Waals surface area (Å²) in [6.07, 6.45) is 0.296. The summed E-state index contributed by atoms with van der Waals surface area (Å²) in [5.74, 6) is 0. The maximum Gasteiger partial charge on any atom is 0.108 e. The summed E-state index contributed by atoms with van der Waals surface area (Å²) < 4.78 is 5.44. The second-order valence-corrected chi connectivity index (χ2v) is 3.68. The van der Waals surface area contributed by atoms with Crippen LogP contribution in [0.25, 0.3) is 0 Å². The monoisotopic (exact) mass is 197 g/mol. The zero-order valence-electron chi connectivity index (χ0n) is 8.99. The Bertz CT molecular complexity index is 202. The summed E-state index contributed by atoms with van der Waals surface area (Å²) in [4.78, 5) is 2.28. The van der Waals surface area contributed by atoms with Crippen LogP contribution >= 0.6 is 0 Å². The van der Waals surface area contributed by atoms with Crippen molar-refractivity contribution < 1.29 is 4.74 Å². The molecule has 1 aliphatic heterocycles. The Hall–Kier alpha value is -0.630. The molecule has 0 aromatic rings. The van der Waals surface area contributed by atoms with Gasteiger partial charge in [0, 0.05) is 19.6 Å². The molecule has 80 valence electrons. The fourth-order valence-electron chi connectivity index (χ4n) is 1.71. The third kappa shape index (κ3) is 3.62. The summed E-state index contributed by atoms with van der Waals surface area (Å²) >= 11 is 0. The number of nitrogens with zero attached hydrogens (tertiary/aromatic N) is 2. The molecule has 0 spiro atoms. The van der Waals surface area contributed by atoms with Gasteiger partial charge in [0.25, 0.3) is 0 Å². The van der Waals surface area contributed by atoms with E-state index in [-0.39, 0.29) is 6.04 Å². The number of rotatable bonds is 4. The Morgan fingerprint density at radius 2 is 2.50 bits per heavy atom. The van der Waals surface area contributed by atoms with Gasteiger partial charge >= 0.3 is 0 Å². The van der Waals surface area contributed by atoms with Gasteiger partial charge in [0.1, 0.15) is 6.04 Å². The van der Waals surface area contributed by atoms with Crippen molar-refractivity contribution in [2.75, 3.05) is 32.8 Å². The lowest BCUT2D eigenvalue weighted by Crippen LogP contribution is -2.47. The average Bonchev–Trinajstić information content (AvgIpc) is 2.17. The molecule has 0 amide bonds. The largest absolute Gasteiger partial charge is 0.376 e. The van der Waals surface area contributed by atoms with Gasteiger partial charge < -0.3 is 10.1 Å². The highest BCUT2D eigenvalue weighted by atomic mass is 16.5. The van der Waals surface area contributed by atoms with Crippen molar-refractivity contribution in [3.05, 3.63) is 0 Å². The fourth-order valence-corrected chi connectivity index (χ4v) is 1.71. The lowest BCUT2D eigenvalue weighted by molar-refractivity contribution is -0.0193. The second-order valence-electron chi connectivity index (χ2n) is 3.68. The molecular weight excluding hydrogens is 178 g/mol.